The molecule has 1 aliphatic heterocycles. The van der Waals surface area contributed by atoms with Crippen LogP contribution in [0.3, 0.4) is 0 Å². The van der Waals surface area contributed by atoms with Crippen LogP contribution in [0.15, 0.2) is 24.3 Å². The van der Waals surface area contributed by atoms with Gasteiger partial charge in [0.2, 0.25) is 0 Å². The number of hydrogen-bond donors (Lipinski definition) is 1. The van der Waals surface area contributed by atoms with Crippen LogP contribution in [0.1, 0.15) is 31.4 Å². The number of hydrogen-bond acceptors (Lipinski definition) is 2. The zero-order valence-corrected chi connectivity index (χ0v) is 11.9. The van der Waals surface area contributed by atoms with E-state index in [0.29, 0.717) is 11.5 Å². The largest absolute Gasteiger partial charge is 0.309 e. The molecule has 1 aliphatic rings. The Morgan fingerprint density at radius 3 is 2.65 bits per heavy atom. The Morgan fingerprint density at radius 2 is 2.00 bits per heavy atom. The van der Waals surface area contributed by atoms with E-state index in [9.17, 15) is 0 Å². The van der Waals surface area contributed by atoms with Crippen LogP contribution in [0, 0.1) is 12.3 Å². The molecule has 0 aliphatic carbocycles. The van der Waals surface area contributed by atoms with E-state index in [4.69, 9.17) is 0 Å². The van der Waals surface area contributed by atoms with Crippen LogP contribution in [-0.4, -0.2) is 17.5 Å². The van der Waals surface area contributed by atoms with Gasteiger partial charge in [0, 0.05) is 18.3 Å². The molecule has 2 rings (SSSR count). The Kier molecular flexibility index (Phi) is 4.16. The molecular weight excluding hydrogens is 226 g/mol. The number of benzene rings is 1. The average molecular weight is 249 g/mol. The zero-order valence-electron chi connectivity index (χ0n) is 11.1. The molecule has 1 N–H and O–H groups in total. The Bertz CT molecular complexity index is 356. The summed E-state index contributed by atoms with van der Waals surface area (Å²) in [6.07, 6.45) is 1.30. The van der Waals surface area contributed by atoms with E-state index in [1.165, 1.54) is 29.1 Å². The summed E-state index contributed by atoms with van der Waals surface area (Å²) in [6.45, 7) is 7.89. The van der Waals surface area contributed by atoms with E-state index in [0.717, 1.165) is 6.54 Å². The highest BCUT2D eigenvalue weighted by Crippen LogP contribution is 2.33. The lowest BCUT2D eigenvalue weighted by atomic mass is 9.88. The molecule has 17 heavy (non-hydrogen) atoms. The predicted molar refractivity (Wildman–Crippen MR) is 77.5 cm³/mol. The number of aryl methyl sites for hydroxylation is 1. The molecular formula is C15H23NS. The van der Waals surface area contributed by atoms with E-state index < -0.39 is 0 Å². The molecule has 0 aromatic heterocycles. The minimum atomic E-state index is 0.494. The third-order valence-corrected chi connectivity index (χ3v) is 4.95. The summed E-state index contributed by atoms with van der Waals surface area (Å²) >= 11 is 2.09. The van der Waals surface area contributed by atoms with Crippen LogP contribution >= 0.6 is 11.8 Å². The van der Waals surface area contributed by atoms with Crippen molar-refractivity contribution < 1.29 is 0 Å². The molecule has 0 bridgehead atoms. The molecule has 1 fully saturated rings. The molecule has 94 valence electrons. The fraction of sp³-hybridized carbons (Fsp3) is 0.600. The number of nitrogens with one attached hydrogen (secondary N) is 1. The second-order valence-corrected chi connectivity index (χ2v) is 6.98. The van der Waals surface area contributed by atoms with Crippen molar-refractivity contribution in [3.05, 3.63) is 35.4 Å². The van der Waals surface area contributed by atoms with Crippen molar-refractivity contribution >= 4 is 11.8 Å². The third kappa shape index (κ3) is 4.04. The van der Waals surface area contributed by atoms with Crippen LogP contribution in [0.25, 0.3) is 0 Å². The maximum Gasteiger partial charge on any atom is 0.0208 e. The Labute approximate surface area is 109 Å². The van der Waals surface area contributed by atoms with Crippen LogP contribution in [-0.2, 0) is 6.54 Å². The molecule has 1 aromatic rings. The minimum absolute atomic E-state index is 0.494. The minimum Gasteiger partial charge on any atom is -0.309 e. The highest BCUT2D eigenvalue weighted by Gasteiger charge is 2.27. The molecule has 1 aromatic carbocycles. The molecule has 1 unspecified atom stereocenters. The van der Waals surface area contributed by atoms with E-state index in [1.807, 2.05) is 0 Å². The number of thioether (sulfide) groups is 1. The third-order valence-electron chi connectivity index (χ3n) is 3.33. The van der Waals surface area contributed by atoms with Gasteiger partial charge >= 0.3 is 0 Å². The topological polar surface area (TPSA) is 12.0 Å². The zero-order chi connectivity index (χ0) is 12.3. The lowest BCUT2D eigenvalue weighted by Crippen LogP contribution is -2.39. The standard InChI is InChI=1S/C15H23NS/c1-12-4-6-13(7-5-12)9-16-14-8-15(2,3)11-17-10-14/h4-7,14,16H,8-11H2,1-3H3. The van der Waals surface area contributed by atoms with E-state index in [1.54, 1.807) is 0 Å². The first-order chi connectivity index (χ1) is 8.05. The van der Waals surface area contributed by atoms with Gasteiger partial charge in [0.1, 0.15) is 0 Å². The molecule has 0 spiro atoms. The van der Waals surface area contributed by atoms with Gasteiger partial charge in [-0.3, -0.25) is 0 Å². The SMILES string of the molecule is Cc1ccc(CNC2CSCC(C)(C)C2)cc1. The molecule has 1 heterocycles. The number of rotatable bonds is 3. The van der Waals surface area contributed by atoms with Crippen molar-refractivity contribution in [1.29, 1.82) is 0 Å². The van der Waals surface area contributed by atoms with Crippen molar-refractivity contribution in [3.63, 3.8) is 0 Å². The molecule has 1 nitrogen and oxygen atoms in total. The van der Waals surface area contributed by atoms with Gasteiger partial charge in [-0.2, -0.15) is 11.8 Å². The Balaban J connectivity index is 1.84. The molecule has 1 atom stereocenters. The van der Waals surface area contributed by atoms with E-state index in [-0.39, 0.29) is 0 Å². The monoisotopic (exact) mass is 249 g/mol. The smallest absolute Gasteiger partial charge is 0.0208 e. The fourth-order valence-electron chi connectivity index (χ4n) is 2.36. The molecule has 1 saturated heterocycles. The first-order valence-corrected chi connectivity index (χ1v) is 7.57. The maximum absolute atomic E-state index is 3.69. The summed E-state index contributed by atoms with van der Waals surface area (Å²) in [5.74, 6) is 2.56. The Morgan fingerprint density at radius 1 is 1.29 bits per heavy atom. The van der Waals surface area contributed by atoms with Crippen molar-refractivity contribution in [2.45, 2.75) is 39.8 Å². The summed E-state index contributed by atoms with van der Waals surface area (Å²) in [7, 11) is 0. The normalized spacial score (nSPS) is 23.6. The van der Waals surface area contributed by atoms with Gasteiger partial charge in [-0.15, -0.1) is 0 Å². The van der Waals surface area contributed by atoms with Crippen molar-refractivity contribution in [2.24, 2.45) is 5.41 Å². The van der Waals surface area contributed by atoms with Crippen LogP contribution in [0.4, 0.5) is 0 Å². The molecule has 0 saturated carbocycles. The van der Waals surface area contributed by atoms with Crippen molar-refractivity contribution in [2.75, 3.05) is 11.5 Å². The van der Waals surface area contributed by atoms with Gasteiger partial charge in [0.25, 0.3) is 0 Å². The van der Waals surface area contributed by atoms with Gasteiger partial charge in [0.15, 0.2) is 0 Å². The lowest BCUT2D eigenvalue weighted by Gasteiger charge is -2.35. The van der Waals surface area contributed by atoms with Crippen molar-refractivity contribution in [1.82, 2.24) is 5.32 Å². The first kappa shape index (κ1) is 13.0. The quantitative estimate of drug-likeness (QED) is 0.878. The summed E-state index contributed by atoms with van der Waals surface area (Å²) < 4.78 is 0. The molecule has 2 heteroatoms. The maximum atomic E-state index is 3.69. The summed E-state index contributed by atoms with van der Waals surface area (Å²) in [6, 6.07) is 9.50. The lowest BCUT2D eigenvalue weighted by molar-refractivity contribution is 0.317. The average Bonchev–Trinajstić information content (AvgIpc) is 2.27. The predicted octanol–water partition coefficient (Wildman–Crippen LogP) is 3.62. The van der Waals surface area contributed by atoms with Gasteiger partial charge in [0.05, 0.1) is 0 Å². The molecule has 0 amide bonds. The van der Waals surface area contributed by atoms with E-state index in [2.05, 4.69) is 62.1 Å². The Hall–Kier alpha value is -0.470. The summed E-state index contributed by atoms with van der Waals surface area (Å²) in [5.41, 5.74) is 3.22. The highest BCUT2D eigenvalue weighted by atomic mass is 32.2. The van der Waals surface area contributed by atoms with Crippen molar-refractivity contribution in [3.8, 4) is 0 Å². The van der Waals surface area contributed by atoms with Gasteiger partial charge in [-0.25, -0.2) is 0 Å². The summed E-state index contributed by atoms with van der Waals surface area (Å²) in [5, 5.41) is 3.69. The fourth-order valence-corrected chi connectivity index (χ4v) is 3.67. The van der Waals surface area contributed by atoms with Crippen LogP contribution in [0.2, 0.25) is 0 Å². The van der Waals surface area contributed by atoms with Gasteiger partial charge in [-0.1, -0.05) is 43.7 Å². The highest BCUT2D eigenvalue weighted by molar-refractivity contribution is 7.99. The second kappa shape index (κ2) is 5.45. The van der Waals surface area contributed by atoms with Crippen LogP contribution < -0.4 is 5.32 Å². The summed E-state index contributed by atoms with van der Waals surface area (Å²) in [4.78, 5) is 0. The van der Waals surface area contributed by atoms with Crippen LogP contribution in [0.5, 0.6) is 0 Å². The second-order valence-electron chi connectivity index (χ2n) is 5.95. The van der Waals surface area contributed by atoms with E-state index >= 15 is 0 Å². The first-order valence-electron chi connectivity index (χ1n) is 6.42. The van der Waals surface area contributed by atoms with Gasteiger partial charge < -0.3 is 5.32 Å². The van der Waals surface area contributed by atoms with Gasteiger partial charge in [-0.05, 0) is 30.1 Å². The molecule has 0 radical (unpaired) electrons.